The fourth-order valence-corrected chi connectivity index (χ4v) is 3.34. The second-order valence-corrected chi connectivity index (χ2v) is 6.41. The van der Waals surface area contributed by atoms with Crippen LogP contribution in [0.4, 0.5) is 14.9 Å². The zero-order chi connectivity index (χ0) is 17.9. The van der Waals surface area contributed by atoms with Crippen LogP contribution in [0.15, 0.2) is 54.9 Å². The standard InChI is InChI=1S/C19H20FN5O/c20-16-5-1-2-7-18(16)24-10-8-15(13-24)23-19(26)21-11-14-12-22-25-9-4-3-6-17(14)25/h1-7,9,12,15H,8,10-11,13H2,(H2,21,23,26)/t15-/m0/s1. The molecule has 0 aliphatic carbocycles. The minimum absolute atomic E-state index is 0.00138. The van der Waals surface area contributed by atoms with Crippen molar-refractivity contribution in [1.82, 2.24) is 20.2 Å². The Labute approximate surface area is 150 Å². The van der Waals surface area contributed by atoms with Gasteiger partial charge in [-0.25, -0.2) is 13.7 Å². The van der Waals surface area contributed by atoms with Crippen LogP contribution in [0, 0.1) is 5.82 Å². The number of hydrogen-bond acceptors (Lipinski definition) is 3. The molecular weight excluding hydrogens is 333 g/mol. The third kappa shape index (κ3) is 3.33. The van der Waals surface area contributed by atoms with E-state index in [0.29, 0.717) is 18.8 Å². The Bertz CT molecular complexity index is 925. The van der Waals surface area contributed by atoms with Crippen LogP contribution in [-0.2, 0) is 6.54 Å². The molecule has 3 aromatic rings. The number of urea groups is 1. The summed E-state index contributed by atoms with van der Waals surface area (Å²) in [6.07, 6.45) is 4.41. The van der Waals surface area contributed by atoms with E-state index in [1.165, 1.54) is 6.07 Å². The van der Waals surface area contributed by atoms with Crippen molar-refractivity contribution in [1.29, 1.82) is 0 Å². The molecule has 134 valence electrons. The highest BCUT2D eigenvalue weighted by molar-refractivity contribution is 5.74. The van der Waals surface area contributed by atoms with Crippen molar-refractivity contribution >= 4 is 17.2 Å². The second-order valence-electron chi connectivity index (χ2n) is 6.41. The van der Waals surface area contributed by atoms with Gasteiger partial charge in [-0.1, -0.05) is 18.2 Å². The van der Waals surface area contributed by atoms with Crippen molar-refractivity contribution in [2.24, 2.45) is 0 Å². The third-order valence-corrected chi connectivity index (χ3v) is 4.66. The first-order valence-electron chi connectivity index (χ1n) is 8.66. The van der Waals surface area contributed by atoms with Crippen LogP contribution in [0.3, 0.4) is 0 Å². The molecule has 6 nitrogen and oxygen atoms in total. The lowest BCUT2D eigenvalue weighted by molar-refractivity contribution is 0.237. The molecule has 4 rings (SSSR count). The number of aromatic nitrogens is 2. The lowest BCUT2D eigenvalue weighted by Gasteiger charge is -2.19. The molecule has 3 heterocycles. The highest BCUT2D eigenvalue weighted by Gasteiger charge is 2.25. The summed E-state index contributed by atoms with van der Waals surface area (Å²) in [5, 5.41) is 10.1. The van der Waals surface area contributed by atoms with Gasteiger partial charge in [-0.3, -0.25) is 0 Å². The Morgan fingerprint density at radius 3 is 2.96 bits per heavy atom. The number of hydrogen-bond donors (Lipinski definition) is 2. The molecule has 0 saturated carbocycles. The van der Waals surface area contributed by atoms with Gasteiger partial charge in [0.2, 0.25) is 0 Å². The van der Waals surface area contributed by atoms with E-state index in [1.54, 1.807) is 22.8 Å². The van der Waals surface area contributed by atoms with Crippen molar-refractivity contribution in [3.05, 3.63) is 66.2 Å². The third-order valence-electron chi connectivity index (χ3n) is 4.66. The highest BCUT2D eigenvalue weighted by atomic mass is 19.1. The fourth-order valence-electron chi connectivity index (χ4n) is 3.34. The molecule has 0 radical (unpaired) electrons. The molecule has 0 bridgehead atoms. The predicted octanol–water partition coefficient (Wildman–Crippen LogP) is 2.55. The topological polar surface area (TPSA) is 61.7 Å². The Morgan fingerprint density at radius 1 is 1.23 bits per heavy atom. The molecule has 7 heteroatoms. The van der Waals surface area contributed by atoms with Crippen LogP contribution in [0.1, 0.15) is 12.0 Å². The van der Waals surface area contributed by atoms with Crippen LogP contribution < -0.4 is 15.5 Å². The van der Waals surface area contributed by atoms with E-state index in [-0.39, 0.29) is 17.9 Å². The minimum atomic E-state index is -0.231. The summed E-state index contributed by atoms with van der Waals surface area (Å²) < 4.78 is 15.7. The number of nitrogens with zero attached hydrogens (tertiary/aromatic N) is 3. The Balaban J connectivity index is 1.31. The molecule has 26 heavy (non-hydrogen) atoms. The van der Waals surface area contributed by atoms with Crippen LogP contribution in [0.2, 0.25) is 0 Å². The molecule has 1 aliphatic rings. The summed E-state index contributed by atoms with van der Waals surface area (Å²) in [4.78, 5) is 14.2. The number of para-hydroxylation sites is 1. The number of halogens is 1. The molecule has 1 aromatic carbocycles. The smallest absolute Gasteiger partial charge is 0.315 e. The van der Waals surface area contributed by atoms with Crippen LogP contribution in [0.25, 0.3) is 5.52 Å². The quantitative estimate of drug-likeness (QED) is 0.758. The summed E-state index contributed by atoms with van der Waals surface area (Å²) in [6.45, 7) is 1.73. The van der Waals surface area contributed by atoms with Gasteiger partial charge in [0.25, 0.3) is 0 Å². The first kappa shape index (κ1) is 16.4. The van der Waals surface area contributed by atoms with Crippen molar-refractivity contribution in [2.75, 3.05) is 18.0 Å². The Hall–Kier alpha value is -3.09. The van der Waals surface area contributed by atoms with Gasteiger partial charge in [0, 0.05) is 37.4 Å². The second kappa shape index (κ2) is 7.03. The molecule has 1 atom stereocenters. The molecule has 2 amide bonds. The molecule has 1 fully saturated rings. The summed E-state index contributed by atoms with van der Waals surface area (Å²) in [6, 6.07) is 12.3. The number of benzene rings is 1. The normalized spacial score (nSPS) is 16.8. The van der Waals surface area contributed by atoms with Gasteiger partial charge in [-0.2, -0.15) is 5.10 Å². The van der Waals surface area contributed by atoms with E-state index in [2.05, 4.69) is 15.7 Å². The van der Waals surface area contributed by atoms with Crippen molar-refractivity contribution in [2.45, 2.75) is 19.0 Å². The summed E-state index contributed by atoms with van der Waals surface area (Å²) >= 11 is 0. The van der Waals surface area contributed by atoms with E-state index in [0.717, 1.165) is 24.0 Å². The Kier molecular flexibility index (Phi) is 4.43. The number of fused-ring (bicyclic) bond motifs is 1. The van der Waals surface area contributed by atoms with Gasteiger partial charge in [0.05, 0.1) is 17.4 Å². The number of carbonyl (C=O) groups is 1. The fraction of sp³-hybridized carbons (Fsp3) is 0.263. The predicted molar refractivity (Wildman–Crippen MR) is 97.6 cm³/mol. The van der Waals surface area contributed by atoms with Crippen molar-refractivity contribution in [3.63, 3.8) is 0 Å². The van der Waals surface area contributed by atoms with Crippen molar-refractivity contribution in [3.8, 4) is 0 Å². The summed E-state index contributed by atoms with van der Waals surface area (Å²) in [5.41, 5.74) is 2.52. The minimum Gasteiger partial charge on any atom is -0.367 e. The van der Waals surface area contributed by atoms with Crippen LogP contribution in [-0.4, -0.2) is 34.8 Å². The number of rotatable bonds is 4. The number of nitrogens with one attached hydrogen (secondary N) is 2. The largest absolute Gasteiger partial charge is 0.367 e. The van der Waals surface area contributed by atoms with E-state index in [9.17, 15) is 9.18 Å². The van der Waals surface area contributed by atoms with Gasteiger partial charge >= 0.3 is 6.03 Å². The molecule has 0 spiro atoms. The number of carbonyl (C=O) groups excluding carboxylic acids is 1. The number of amides is 2. The number of anilines is 1. The van der Waals surface area contributed by atoms with E-state index in [4.69, 9.17) is 0 Å². The molecule has 0 unspecified atom stereocenters. The first-order chi connectivity index (χ1) is 12.7. The van der Waals surface area contributed by atoms with Crippen LogP contribution in [0.5, 0.6) is 0 Å². The average molecular weight is 353 g/mol. The van der Waals surface area contributed by atoms with Crippen molar-refractivity contribution < 1.29 is 9.18 Å². The zero-order valence-corrected chi connectivity index (χ0v) is 14.2. The van der Waals surface area contributed by atoms with E-state index in [1.807, 2.05) is 35.4 Å². The maximum absolute atomic E-state index is 13.9. The van der Waals surface area contributed by atoms with E-state index >= 15 is 0 Å². The monoisotopic (exact) mass is 353 g/mol. The van der Waals surface area contributed by atoms with Gasteiger partial charge in [-0.05, 0) is 30.7 Å². The van der Waals surface area contributed by atoms with Gasteiger partial charge < -0.3 is 15.5 Å². The van der Waals surface area contributed by atoms with Crippen LogP contribution >= 0.6 is 0 Å². The maximum atomic E-state index is 13.9. The SMILES string of the molecule is O=C(NCc1cnn2ccccc12)N[C@H]1CCN(c2ccccc2F)C1. The summed E-state index contributed by atoms with van der Waals surface area (Å²) in [5.74, 6) is -0.231. The average Bonchev–Trinajstić information content (AvgIpc) is 3.27. The van der Waals surface area contributed by atoms with Gasteiger partial charge in [0.15, 0.2) is 0 Å². The lowest BCUT2D eigenvalue weighted by Crippen LogP contribution is -2.43. The summed E-state index contributed by atoms with van der Waals surface area (Å²) in [7, 11) is 0. The van der Waals surface area contributed by atoms with E-state index < -0.39 is 0 Å². The molecule has 1 aliphatic heterocycles. The number of pyridine rings is 1. The zero-order valence-electron chi connectivity index (χ0n) is 14.2. The Morgan fingerprint density at radius 2 is 2.08 bits per heavy atom. The lowest BCUT2D eigenvalue weighted by atomic mass is 10.2. The van der Waals surface area contributed by atoms with Gasteiger partial charge in [-0.15, -0.1) is 0 Å². The van der Waals surface area contributed by atoms with Gasteiger partial charge in [0.1, 0.15) is 5.82 Å². The molecule has 1 saturated heterocycles. The molecular formula is C19H20FN5O. The molecule has 2 N–H and O–H groups in total. The maximum Gasteiger partial charge on any atom is 0.315 e. The highest BCUT2D eigenvalue weighted by Crippen LogP contribution is 2.23. The molecule has 2 aromatic heterocycles. The first-order valence-corrected chi connectivity index (χ1v) is 8.66.